The maximum absolute atomic E-state index is 13.7. The van der Waals surface area contributed by atoms with E-state index in [1.165, 1.54) is 0 Å². The highest BCUT2D eigenvalue weighted by Gasteiger charge is 2.25. The molecule has 1 aliphatic rings. The van der Waals surface area contributed by atoms with Crippen molar-refractivity contribution in [2.45, 2.75) is 45.2 Å². The molecule has 1 fully saturated rings. The fraction of sp³-hybridized carbons (Fsp3) is 0.286. The number of imidazole rings is 2. The molecule has 1 aromatic carbocycles. The van der Waals surface area contributed by atoms with Crippen LogP contribution in [0.25, 0.3) is 22.2 Å². The van der Waals surface area contributed by atoms with Crippen LogP contribution < -0.4 is 11.0 Å². The van der Waals surface area contributed by atoms with Crippen LogP contribution in [-0.4, -0.2) is 35.5 Å². The monoisotopic (exact) mass is 514 g/mol. The van der Waals surface area contributed by atoms with E-state index in [9.17, 15) is 9.59 Å². The molecule has 6 rings (SSSR count). The van der Waals surface area contributed by atoms with Crippen molar-refractivity contribution in [2.75, 3.05) is 0 Å². The van der Waals surface area contributed by atoms with Gasteiger partial charge in [0.1, 0.15) is 0 Å². The molecule has 8 nitrogen and oxygen atoms in total. The summed E-state index contributed by atoms with van der Waals surface area (Å²) in [4.78, 5) is 34.9. The van der Waals surface area contributed by atoms with Crippen molar-refractivity contribution in [3.8, 4) is 5.69 Å². The summed E-state index contributed by atoms with van der Waals surface area (Å²) in [5.74, 6) is 0.224. The van der Waals surface area contributed by atoms with Gasteiger partial charge in [0.25, 0.3) is 5.91 Å². The zero-order valence-corrected chi connectivity index (χ0v) is 21.2. The van der Waals surface area contributed by atoms with Crippen LogP contribution in [0, 0.1) is 12.8 Å². The molecule has 0 unspecified atom stereocenters. The lowest BCUT2D eigenvalue weighted by Crippen LogP contribution is -2.39. The molecule has 0 radical (unpaired) electrons. The van der Waals surface area contributed by atoms with Gasteiger partial charge in [-0.2, -0.15) is 0 Å². The van der Waals surface area contributed by atoms with E-state index in [1.807, 2.05) is 58.5 Å². The van der Waals surface area contributed by atoms with Crippen LogP contribution in [0.3, 0.4) is 0 Å². The zero-order chi connectivity index (χ0) is 25.5. The van der Waals surface area contributed by atoms with Crippen molar-refractivity contribution >= 4 is 34.1 Å². The molecular weight excluding hydrogens is 488 g/mol. The van der Waals surface area contributed by atoms with Crippen molar-refractivity contribution in [1.29, 1.82) is 0 Å². The van der Waals surface area contributed by atoms with Gasteiger partial charge in [0.2, 0.25) is 0 Å². The van der Waals surface area contributed by atoms with E-state index >= 15 is 0 Å². The molecule has 0 aliphatic heterocycles. The summed E-state index contributed by atoms with van der Waals surface area (Å²) in [6, 6.07) is 13.6. The minimum Gasteiger partial charge on any atom is -0.349 e. The lowest BCUT2D eigenvalue weighted by Gasteiger charge is -2.29. The standard InChI is InChI=1S/C28H27ClN6O2/c1-18-24(12-20(29)14-31-18)27(36)32-21-8-6-19(7-9-21)16-34-25-4-2-3-5-26(25)35(28(34)37)22-10-11-33-17-30-15-23(33)13-22/h2-5,10-15,17,19,21H,6-9,16H2,1H3,(H,32,36). The molecule has 0 bridgehead atoms. The average Bonchev–Trinajstić information content (AvgIpc) is 3.48. The molecule has 37 heavy (non-hydrogen) atoms. The summed E-state index contributed by atoms with van der Waals surface area (Å²) >= 11 is 6.04. The third-order valence-electron chi connectivity index (χ3n) is 7.41. The third-order valence-corrected chi connectivity index (χ3v) is 7.62. The van der Waals surface area contributed by atoms with E-state index < -0.39 is 0 Å². The summed E-state index contributed by atoms with van der Waals surface area (Å²) in [6.07, 6.45) is 10.6. The van der Waals surface area contributed by atoms with Crippen molar-refractivity contribution in [2.24, 2.45) is 5.92 Å². The molecule has 0 atom stereocenters. The Morgan fingerprint density at radius 1 is 1.08 bits per heavy atom. The average molecular weight is 515 g/mol. The second-order valence-electron chi connectivity index (χ2n) is 9.81. The molecule has 1 aliphatic carbocycles. The van der Waals surface area contributed by atoms with E-state index in [1.54, 1.807) is 29.4 Å². The number of hydrogen-bond donors (Lipinski definition) is 1. The second-order valence-corrected chi connectivity index (χ2v) is 10.2. The summed E-state index contributed by atoms with van der Waals surface area (Å²) in [5, 5.41) is 3.60. The highest BCUT2D eigenvalue weighted by atomic mass is 35.5. The number of hydrogen-bond acceptors (Lipinski definition) is 4. The van der Waals surface area contributed by atoms with Crippen LogP contribution in [0.1, 0.15) is 41.7 Å². The Hall–Kier alpha value is -3.91. The number of nitrogens with zero attached hydrogens (tertiary/aromatic N) is 5. The molecule has 0 saturated heterocycles. The van der Waals surface area contributed by atoms with E-state index in [-0.39, 0.29) is 17.6 Å². The van der Waals surface area contributed by atoms with Crippen molar-refractivity contribution < 1.29 is 4.79 Å². The Morgan fingerprint density at radius 2 is 1.86 bits per heavy atom. The summed E-state index contributed by atoms with van der Waals surface area (Å²) in [7, 11) is 0. The summed E-state index contributed by atoms with van der Waals surface area (Å²) in [5.41, 5.74) is 4.73. The minimum atomic E-state index is -0.134. The van der Waals surface area contributed by atoms with Gasteiger partial charge in [-0.25, -0.2) is 9.78 Å². The van der Waals surface area contributed by atoms with Crippen molar-refractivity contribution in [3.63, 3.8) is 0 Å². The van der Waals surface area contributed by atoms with Crippen LogP contribution in [0.5, 0.6) is 0 Å². The fourth-order valence-electron chi connectivity index (χ4n) is 5.43. The van der Waals surface area contributed by atoms with Crippen molar-refractivity contribution in [3.05, 3.63) is 94.1 Å². The predicted molar refractivity (Wildman–Crippen MR) is 143 cm³/mol. The van der Waals surface area contributed by atoms with Crippen molar-refractivity contribution in [1.82, 2.24) is 28.8 Å². The van der Waals surface area contributed by atoms with Gasteiger partial charge in [-0.1, -0.05) is 23.7 Å². The molecule has 5 aromatic rings. The number of para-hydroxylation sites is 2. The Morgan fingerprint density at radius 3 is 2.68 bits per heavy atom. The number of aryl methyl sites for hydroxylation is 1. The molecule has 1 amide bonds. The van der Waals surface area contributed by atoms with Crippen LogP contribution >= 0.6 is 11.6 Å². The van der Waals surface area contributed by atoms with Gasteiger partial charge < -0.3 is 9.72 Å². The Balaban J connectivity index is 1.20. The van der Waals surface area contributed by atoms with Gasteiger partial charge in [0, 0.05) is 25.0 Å². The lowest BCUT2D eigenvalue weighted by atomic mass is 9.85. The molecule has 4 heterocycles. The number of rotatable bonds is 5. The number of fused-ring (bicyclic) bond motifs is 2. The predicted octanol–water partition coefficient (Wildman–Crippen LogP) is 4.79. The highest BCUT2D eigenvalue weighted by molar-refractivity contribution is 6.30. The molecule has 9 heteroatoms. The molecular formula is C28H27ClN6O2. The topological polar surface area (TPSA) is 86.2 Å². The van der Waals surface area contributed by atoms with Crippen LogP contribution in [0.4, 0.5) is 0 Å². The van der Waals surface area contributed by atoms with Crippen LogP contribution in [-0.2, 0) is 6.54 Å². The number of amides is 1. The SMILES string of the molecule is Cc1ncc(Cl)cc1C(=O)NC1CCC(Cn2c(=O)n(-c3ccn4cncc4c3)c3ccccc32)CC1. The van der Waals surface area contributed by atoms with E-state index in [2.05, 4.69) is 15.3 Å². The number of pyridine rings is 2. The second kappa shape index (κ2) is 9.52. The molecule has 1 N–H and O–H groups in total. The number of aromatic nitrogens is 5. The van der Waals surface area contributed by atoms with E-state index in [4.69, 9.17) is 11.6 Å². The first-order valence-corrected chi connectivity index (χ1v) is 12.9. The van der Waals surface area contributed by atoms with Gasteiger partial charge in [0.15, 0.2) is 0 Å². The number of nitrogens with one attached hydrogen (secondary N) is 1. The first-order chi connectivity index (χ1) is 18.0. The number of benzene rings is 1. The maximum atomic E-state index is 13.7. The fourth-order valence-corrected chi connectivity index (χ4v) is 5.59. The largest absolute Gasteiger partial charge is 0.349 e. The number of carbonyl (C=O) groups is 1. The normalized spacial score (nSPS) is 17.9. The van der Waals surface area contributed by atoms with E-state index in [0.29, 0.717) is 28.7 Å². The van der Waals surface area contributed by atoms with Gasteiger partial charge in [-0.3, -0.25) is 18.9 Å². The summed E-state index contributed by atoms with van der Waals surface area (Å²) in [6.45, 7) is 2.46. The summed E-state index contributed by atoms with van der Waals surface area (Å²) < 4.78 is 5.62. The van der Waals surface area contributed by atoms with Crippen LogP contribution in [0.15, 0.2) is 72.2 Å². The Kier molecular flexibility index (Phi) is 6.04. The molecule has 4 aromatic heterocycles. The molecule has 0 spiro atoms. The number of carbonyl (C=O) groups excluding carboxylic acids is 1. The van der Waals surface area contributed by atoms with Gasteiger partial charge in [-0.15, -0.1) is 0 Å². The quantitative estimate of drug-likeness (QED) is 0.365. The Bertz CT molecular complexity index is 1680. The third kappa shape index (κ3) is 4.42. The smallest absolute Gasteiger partial charge is 0.333 e. The van der Waals surface area contributed by atoms with Gasteiger partial charge >= 0.3 is 5.69 Å². The zero-order valence-electron chi connectivity index (χ0n) is 20.5. The maximum Gasteiger partial charge on any atom is 0.333 e. The Labute approximate surface area is 218 Å². The lowest BCUT2D eigenvalue weighted by molar-refractivity contribution is 0.0919. The number of halogens is 1. The van der Waals surface area contributed by atoms with Gasteiger partial charge in [-0.05, 0) is 68.9 Å². The molecule has 188 valence electrons. The van der Waals surface area contributed by atoms with E-state index in [0.717, 1.165) is 47.9 Å². The van der Waals surface area contributed by atoms with Gasteiger partial charge in [0.05, 0.1) is 51.0 Å². The first-order valence-electron chi connectivity index (χ1n) is 12.5. The highest BCUT2D eigenvalue weighted by Crippen LogP contribution is 2.28. The molecule has 1 saturated carbocycles. The minimum absolute atomic E-state index is 0.0376. The van der Waals surface area contributed by atoms with Crippen LogP contribution in [0.2, 0.25) is 5.02 Å². The first kappa shape index (κ1) is 23.5.